The van der Waals surface area contributed by atoms with Gasteiger partial charge >= 0.3 is 5.97 Å². The third-order valence-corrected chi connectivity index (χ3v) is 7.37. The van der Waals surface area contributed by atoms with E-state index in [1.54, 1.807) is 24.4 Å². The number of carboxylic acid groups (broad SMARTS) is 1. The van der Waals surface area contributed by atoms with Gasteiger partial charge in [-0.15, -0.1) is 0 Å². The molecule has 0 aliphatic carbocycles. The Morgan fingerprint density at radius 1 is 1.07 bits per heavy atom. The van der Waals surface area contributed by atoms with Crippen molar-refractivity contribution in [3.05, 3.63) is 113 Å². The molecule has 0 bridgehead atoms. The Hall–Kier alpha value is -5.25. The monoisotopic (exact) mass is 596 g/mol. The molecule has 2 unspecified atom stereocenters. The molecule has 2 N–H and O–H groups in total. The van der Waals surface area contributed by atoms with E-state index in [0.717, 1.165) is 22.5 Å². The lowest BCUT2D eigenvalue weighted by Gasteiger charge is -2.16. The van der Waals surface area contributed by atoms with Crippen LogP contribution in [0.15, 0.2) is 88.6 Å². The van der Waals surface area contributed by atoms with Crippen molar-refractivity contribution in [2.45, 2.75) is 32.7 Å². The number of carboxylic acids is 1. The molecule has 0 saturated heterocycles. The van der Waals surface area contributed by atoms with Crippen LogP contribution >= 0.6 is 0 Å². The van der Waals surface area contributed by atoms with Crippen molar-refractivity contribution in [2.75, 3.05) is 19.0 Å². The number of benzene rings is 2. The molecular weight excluding hydrogens is 563 g/mol. The van der Waals surface area contributed by atoms with Gasteiger partial charge in [-0.05, 0) is 61.4 Å². The molecule has 0 radical (unpaired) electrons. The van der Waals surface area contributed by atoms with Gasteiger partial charge in [0.25, 0.3) is 5.91 Å². The molecule has 0 fully saturated rings. The van der Waals surface area contributed by atoms with Gasteiger partial charge in [0, 0.05) is 49.3 Å². The predicted molar refractivity (Wildman–Crippen MR) is 166 cm³/mol. The van der Waals surface area contributed by atoms with E-state index in [-0.39, 0.29) is 23.7 Å². The molecule has 44 heavy (non-hydrogen) atoms. The number of furan rings is 1. The van der Waals surface area contributed by atoms with E-state index in [2.05, 4.69) is 15.5 Å². The number of rotatable bonds is 9. The van der Waals surface area contributed by atoms with Crippen LogP contribution in [0.3, 0.4) is 0 Å². The van der Waals surface area contributed by atoms with Crippen molar-refractivity contribution in [3.63, 3.8) is 0 Å². The minimum absolute atomic E-state index is 0.0219. The Labute approximate surface area is 254 Å². The molecule has 2 atom stereocenters. The van der Waals surface area contributed by atoms with Crippen molar-refractivity contribution in [2.24, 2.45) is 11.1 Å². The number of hydrogen-bond acceptors (Lipinski definition) is 7. The Morgan fingerprint density at radius 3 is 2.55 bits per heavy atom. The first-order valence-electron chi connectivity index (χ1n) is 14.2. The number of carbonyl (C=O) groups excluding carboxylic acids is 1. The number of anilines is 1. The van der Waals surface area contributed by atoms with Crippen molar-refractivity contribution in [3.8, 4) is 11.3 Å². The van der Waals surface area contributed by atoms with Crippen LogP contribution < -0.4 is 10.2 Å². The van der Waals surface area contributed by atoms with Crippen LogP contribution in [0.25, 0.3) is 17.1 Å². The maximum absolute atomic E-state index is 15.5. The maximum atomic E-state index is 15.5. The molecule has 9 nitrogen and oxygen atoms in total. The molecule has 1 aliphatic heterocycles. The summed E-state index contributed by atoms with van der Waals surface area (Å²) in [4.78, 5) is 36.8. The van der Waals surface area contributed by atoms with E-state index in [4.69, 9.17) is 9.25 Å². The quantitative estimate of drug-likeness (QED) is 0.240. The smallest absolute Gasteiger partial charge is 0.326 e. The maximum Gasteiger partial charge on any atom is 0.326 e. The number of pyridine rings is 1. The van der Waals surface area contributed by atoms with Crippen molar-refractivity contribution < 1.29 is 28.3 Å². The Bertz CT molecular complexity index is 1740. The van der Waals surface area contributed by atoms with Crippen molar-refractivity contribution in [1.29, 1.82) is 0 Å². The number of allylic oxidation sites excluding steroid dienone is 1. The zero-order valence-corrected chi connectivity index (χ0v) is 24.9. The van der Waals surface area contributed by atoms with E-state index in [9.17, 15) is 14.7 Å². The number of halogens is 1. The SMILES string of the molecule is Cc1ccc(-c2ccc(C(=O)NC(Cc3ccc(C4=NOC(c5ccnc(N(C)C)c5)=CCC4C)c(F)c3)C(=O)O)o2)cc1. The fraction of sp³-hybridized carbons (Fsp3) is 0.235. The average molecular weight is 597 g/mol. The largest absolute Gasteiger partial charge is 0.480 e. The van der Waals surface area contributed by atoms with Crippen LogP contribution in [0.1, 0.15) is 46.2 Å². The number of amides is 1. The molecule has 1 amide bonds. The summed E-state index contributed by atoms with van der Waals surface area (Å²) in [6.45, 7) is 3.90. The second kappa shape index (κ2) is 12.9. The summed E-state index contributed by atoms with van der Waals surface area (Å²) >= 11 is 0. The molecule has 2 aromatic heterocycles. The van der Waals surface area contributed by atoms with Gasteiger partial charge in [0.1, 0.15) is 23.4 Å². The fourth-order valence-electron chi connectivity index (χ4n) is 4.81. The number of hydrogen-bond donors (Lipinski definition) is 2. The molecule has 5 rings (SSSR count). The summed E-state index contributed by atoms with van der Waals surface area (Å²) in [7, 11) is 3.79. The summed E-state index contributed by atoms with van der Waals surface area (Å²) in [5.74, 6) is -0.862. The number of aryl methyl sites for hydroxylation is 1. The van der Waals surface area contributed by atoms with E-state index in [1.165, 1.54) is 12.1 Å². The summed E-state index contributed by atoms with van der Waals surface area (Å²) in [6, 6.07) is 17.6. The van der Waals surface area contributed by atoms with Gasteiger partial charge in [-0.3, -0.25) is 4.79 Å². The first kappa shape index (κ1) is 30.2. The van der Waals surface area contributed by atoms with Crippen LogP contribution in [0.2, 0.25) is 0 Å². The second-order valence-corrected chi connectivity index (χ2v) is 11.0. The van der Waals surface area contributed by atoms with Gasteiger partial charge in [0.05, 0.1) is 5.71 Å². The number of aliphatic carboxylic acids is 1. The van der Waals surface area contributed by atoms with Gasteiger partial charge in [-0.25, -0.2) is 14.2 Å². The topological polar surface area (TPSA) is 117 Å². The van der Waals surface area contributed by atoms with Crippen LogP contribution in [-0.2, 0) is 16.1 Å². The highest BCUT2D eigenvalue weighted by atomic mass is 19.1. The third kappa shape index (κ3) is 6.86. The Kier molecular flexibility index (Phi) is 8.89. The molecule has 1 aliphatic rings. The molecular formula is C34H33FN4O5. The first-order chi connectivity index (χ1) is 21.1. The highest BCUT2D eigenvalue weighted by molar-refractivity contribution is 6.02. The molecule has 10 heteroatoms. The minimum Gasteiger partial charge on any atom is -0.480 e. The average Bonchev–Trinajstić information content (AvgIpc) is 3.42. The van der Waals surface area contributed by atoms with E-state index >= 15 is 4.39 Å². The number of oxime groups is 1. The molecule has 0 spiro atoms. The number of nitrogens with one attached hydrogen (secondary N) is 1. The second-order valence-electron chi connectivity index (χ2n) is 11.0. The first-order valence-corrected chi connectivity index (χ1v) is 14.2. The van der Waals surface area contributed by atoms with E-state index < -0.39 is 23.7 Å². The minimum atomic E-state index is -1.31. The molecule has 3 heterocycles. The fourth-order valence-corrected chi connectivity index (χ4v) is 4.81. The molecule has 226 valence electrons. The van der Waals surface area contributed by atoms with Crippen molar-refractivity contribution in [1.82, 2.24) is 10.3 Å². The number of nitrogens with zero attached hydrogens (tertiary/aromatic N) is 3. The van der Waals surface area contributed by atoms with Gasteiger partial charge in [-0.1, -0.05) is 48.0 Å². The number of carbonyl (C=O) groups is 2. The van der Waals surface area contributed by atoms with Crippen molar-refractivity contribution >= 4 is 29.2 Å². The zero-order valence-electron chi connectivity index (χ0n) is 24.9. The van der Waals surface area contributed by atoms with E-state index in [1.807, 2.05) is 75.3 Å². The Morgan fingerprint density at radius 2 is 1.84 bits per heavy atom. The van der Waals surface area contributed by atoms with Crippen LogP contribution in [0.5, 0.6) is 0 Å². The van der Waals surface area contributed by atoms with Gasteiger partial charge < -0.3 is 24.6 Å². The summed E-state index contributed by atoms with van der Waals surface area (Å²) in [5, 5.41) is 16.6. The summed E-state index contributed by atoms with van der Waals surface area (Å²) in [5.41, 5.74) is 3.78. The zero-order chi connectivity index (χ0) is 31.4. The highest BCUT2D eigenvalue weighted by Crippen LogP contribution is 2.28. The Balaban J connectivity index is 1.28. The molecule has 0 saturated carbocycles. The number of aromatic nitrogens is 1. The molecule has 2 aromatic carbocycles. The van der Waals surface area contributed by atoms with Gasteiger partial charge in [0.15, 0.2) is 11.5 Å². The lowest BCUT2D eigenvalue weighted by Crippen LogP contribution is -2.42. The standard InChI is InChI=1S/C34H33FN4O5/c1-20-5-9-23(10-6-20)28-13-14-30(43-28)33(40)37-27(34(41)42)18-22-8-11-25(26(35)17-22)32-21(2)7-12-29(44-38-32)24-15-16-36-31(19-24)39(3)4/h5-6,8-17,19,21,27H,7,18H2,1-4H3,(H,37,40)(H,41,42). The summed E-state index contributed by atoms with van der Waals surface area (Å²) in [6.07, 6.45) is 4.05. The lowest BCUT2D eigenvalue weighted by atomic mass is 9.93. The van der Waals surface area contributed by atoms with Gasteiger partial charge in [0.2, 0.25) is 0 Å². The molecule has 4 aromatic rings. The summed E-state index contributed by atoms with van der Waals surface area (Å²) < 4.78 is 21.1. The normalized spacial score (nSPS) is 15.3. The third-order valence-electron chi connectivity index (χ3n) is 7.37. The van der Waals surface area contributed by atoms with E-state index in [0.29, 0.717) is 29.2 Å². The van der Waals surface area contributed by atoms with Crippen LogP contribution in [0.4, 0.5) is 10.2 Å². The highest BCUT2D eigenvalue weighted by Gasteiger charge is 2.25. The predicted octanol–water partition coefficient (Wildman–Crippen LogP) is 6.08. The lowest BCUT2D eigenvalue weighted by molar-refractivity contribution is -0.139. The van der Waals surface area contributed by atoms with Gasteiger partial charge in [-0.2, -0.15) is 0 Å². The van der Waals surface area contributed by atoms with Crippen LogP contribution in [0, 0.1) is 18.7 Å². The van der Waals surface area contributed by atoms with Crippen LogP contribution in [-0.4, -0.2) is 47.8 Å².